The Bertz CT molecular complexity index is 919. The van der Waals surface area contributed by atoms with E-state index >= 15 is 0 Å². The first-order chi connectivity index (χ1) is 10.5. The molecule has 114 valence electrons. The Kier molecular flexibility index (Phi) is 4.08. The number of hydrogen-bond acceptors (Lipinski definition) is 4. The minimum absolute atomic E-state index is 0.0936. The summed E-state index contributed by atoms with van der Waals surface area (Å²) < 4.78 is 0. The molecule has 1 aromatic carbocycles. The van der Waals surface area contributed by atoms with Gasteiger partial charge in [-0.1, -0.05) is 29.3 Å². The minimum Gasteiger partial charge on any atom is -0.369 e. The van der Waals surface area contributed by atoms with Crippen LogP contribution in [0.4, 0.5) is 5.95 Å². The molecular formula is C14H12Cl2N4OS. The van der Waals surface area contributed by atoms with Gasteiger partial charge in [-0.15, -0.1) is 11.8 Å². The van der Waals surface area contributed by atoms with Crippen molar-refractivity contribution < 1.29 is 0 Å². The van der Waals surface area contributed by atoms with Crippen LogP contribution in [0.15, 0.2) is 27.9 Å². The van der Waals surface area contributed by atoms with Crippen molar-refractivity contribution in [2.45, 2.75) is 17.6 Å². The maximum absolute atomic E-state index is 12.1. The molecule has 0 aliphatic carbocycles. The number of thioether (sulfide) groups is 1. The van der Waals surface area contributed by atoms with Gasteiger partial charge in [-0.2, -0.15) is 4.98 Å². The molecule has 2 aromatic heterocycles. The van der Waals surface area contributed by atoms with Gasteiger partial charge in [0.2, 0.25) is 5.95 Å². The van der Waals surface area contributed by atoms with Crippen molar-refractivity contribution in [1.29, 1.82) is 0 Å². The second-order valence-corrected chi connectivity index (χ2v) is 6.61. The van der Waals surface area contributed by atoms with Crippen molar-refractivity contribution in [3.8, 4) is 0 Å². The Balaban J connectivity index is 1.97. The molecule has 0 saturated heterocycles. The molecule has 0 fully saturated rings. The molecule has 0 unspecified atom stereocenters. The van der Waals surface area contributed by atoms with Crippen molar-refractivity contribution in [1.82, 2.24) is 15.0 Å². The molecule has 3 rings (SSSR count). The molecule has 5 nitrogen and oxygen atoms in total. The van der Waals surface area contributed by atoms with Crippen molar-refractivity contribution >= 4 is 51.9 Å². The Morgan fingerprint density at radius 3 is 2.82 bits per heavy atom. The number of benzene rings is 1. The van der Waals surface area contributed by atoms with Gasteiger partial charge in [-0.05, 0) is 24.6 Å². The number of aromatic amines is 2. The predicted octanol–water partition coefficient (Wildman–Crippen LogP) is 3.74. The molecule has 2 heterocycles. The van der Waals surface area contributed by atoms with E-state index in [0.717, 1.165) is 16.2 Å². The van der Waals surface area contributed by atoms with Crippen molar-refractivity contribution in [3.05, 3.63) is 49.9 Å². The number of fused-ring (bicyclic) bond motifs is 1. The minimum atomic E-state index is -0.253. The number of nitrogens with one attached hydrogen (secondary N) is 2. The van der Waals surface area contributed by atoms with Crippen LogP contribution in [0.2, 0.25) is 10.0 Å². The molecule has 0 bridgehead atoms. The molecule has 4 N–H and O–H groups in total. The van der Waals surface area contributed by atoms with E-state index < -0.39 is 0 Å². The lowest BCUT2D eigenvalue weighted by Crippen LogP contribution is -2.10. The first kappa shape index (κ1) is 15.3. The predicted molar refractivity (Wildman–Crippen MR) is 91.9 cm³/mol. The number of nitrogens with zero attached hydrogens (tertiary/aromatic N) is 1. The zero-order chi connectivity index (χ0) is 15.9. The van der Waals surface area contributed by atoms with E-state index in [2.05, 4.69) is 15.0 Å². The number of rotatable bonds is 3. The van der Waals surface area contributed by atoms with Gasteiger partial charge in [0.25, 0.3) is 5.56 Å². The normalized spacial score (nSPS) is 11.2. The molecule has 0 amide bonds. The van der Waals surface area contributed by atoms with Crippen LogP contribution in [0.1, 0.15) is 11.3 Å². The molecule has 0 aliphatic heterocycles. The summed E-state index contributed by atoms with van der Waals surface area (Å²) in [5.74, 6) is 0.712. The van der Waals surface area contributed by atoms with E-state index in [1.807, 2.05) is 13.0 Å². The van der Waals surface area contributed by atoms with Gasteiger partial charge >= 0.3 is 0 Å². The summed E-state index contributed by atoms with van der Waals surface area (Å²) in [5.41, 5.74) is 7.61. The third-order valence-electron chi connectivity index (χ3n) is 3.20. The summed E-state index contributed by atoms with van der Waals surface area (Å²) in [5, 5.41) is 1.72. The number of aryl methyl sites for hydroxylation is 1. The average Bonchev–Trinajstić information content (AvgIpc) is 2.73. The molecule has 0 atom stereocenters. The summed E-state index contributed by atoms with van der Waals surface area (Å²) in [6, 6.07) is 5.37. The fourth-order valence-electron chi connectivity index (χ4n) is 2.18. The van der Waals surface area contributed by atoms with E-state index in [1.54, 1.807) is 12.1 Å². The third-order valence-corrected chi connectivity index (χ3v) is 5.04. The Morgan fingerprint density at radius 1 is 1.32 bits per heavy atom. The monoisotopic (exact) mass is 354 g/mol. The van der Waals surface area contributed by atoms with Gasteiger partial charge in [0.1, 0.15) is 5.65 Å². The van der Waals surface area contributed by atoms with E-state index in [-0.39, 0.29) is 11.5 Å². The van der Waals surface area contributed by atoms with Crippen LogP contribution in [0.3, 0.4) is 0 Å². The fourth-order valence-corrected chi connectivity index (χ4v) is 3.89. The maximum Gasteiger partial charge on any atom is 0.262 e. The van der Waals surface area contributed by atoms with Crippen LogP contribution in [-0.2, 0) is 5.75 Å². The Hall–Kier alpha value is -1.63. The van der Waals surface area contributed by atoms with Crippen molar-refractivity contribution in [2.24, 2.45) is 0 Å². The van der Waals surface area contributed by atoms with Crippen LogP contribution in [0, 0.1) is 6.92 Å². The fraction of sp³-hybridized carbons (Fsp3) is 0.143. The van der Waals surface area contributed by atoms with E-state index in [9.17, 15) is 4.79 Å². The highest BCUT2D eigenvalue weighted by Gasteiger charge is 2.15. The first-order valence-corrected chi connectivity index (χ1v) is 8.14. The number of anilines is 1. The Morgan fingerprint density at radius 2 is 2.09 bits per heavy atom. The molecule has 0 radical (unpaired) electrons. The highest BCUT2D eigenvalue weighted by Crippen LogP contribution is 2.33. The van der Waals surface area contributed by atoms with E-state index in [1.165, 1.54) is 11.8 Å². The standard InChI is InChI=1S/C14H12Cl2N4OS/c1-6-11(10-12(18-6)19-14(17)20-13(10)21)22-5-7-2-3-8(15)4-9(7)16/h2-4H,5H2,1H3,(H4,17,18,19,20,21). The van der Waals surface area contributed by atoms with Crippen LogP contribution in [0.5, 0.6) is 0 Å². The molecule has 0 spiro atoms. The van der Waals surface area contributed by atoms with Gasteiger partial charge in [0, 0.05) is 26.4 Å². The second-order valence-electron chi connectivity index (χ2n) is 4.78. The van der Waals surface area contributed by atoms with Gasteiger partial charge < -0.3 is 10.7 Å². The number of halogens is 2. The number of H-pyrrole nitrogens is 2. The highest BCUT2D eigenvalue weighted by molar-refractivity contribution is 7.98. The smallest absolute Gasteiger partial charge is 0.262 e. The van der Waals surface area contributed by atoms with Crippen LogP contribution in [-0.4, -0.2) is 15.0 Å². The molecule has 3 aromatic rings. The molecular weight excluding hydrogens is 343 g/mol. The summed E-state index contributed by atoms with van der Waals surface area (Å²) in [4.78, 5) is 22.7. The van der Waals surface area contributed by atoms with E-state index in [0.29, 0.717) is 26.8 Å². The number of aromatic nitrogens is 3. The van der Waals surface area contributed by atoms with Gasteiger partial charge in [0.05, 0.1) is 5.39 Å². The van der Waals surface area contributed by atoms with Gasteiger partial charge in [-0.25, -0.2) is 0 Å². The first-order valence-electron chi connectivity index (χ1n) is 6.40. The van der Waals surface area contributed by atoms with Crippen LogP contribution in [0.25, 0.3) is 11.0 Å². The summed E-state index contributed by atoms with van der Waals surface area (Å²) in [6.45, 7) is 1.89. The quantitative estimate of drug-likeness (QED) is 0.625. The van der Waals surface area contributed by atoms with Crippen LogP contribution < -0.4 is 11.3 Å². The molecule has 22 heavy (non-hydrogen) atoms. The largest absolute Gasteiger partial charge is 0.369 e. The van der Waals surface area contributed by atoms with Gasteiger partial charge in [0.15, 0.2) is 0 Å². The zero-order valence-electron chi connectivity index (χ0n) is 11.5. The number of hydrogen-bond donors (Lipinski definition) is 3. The van der Waals surface area contributed by atoms with E-state index in [4.69, 9.17) is 28.9 Å². The summed E-state index contributed by atoms with van der Waals surface area (Å²) in [6.07, 6.45) is 0. The maximum atomic E-state index is 12.1. The summed E-state index contributed by atoms with van der Waals surface area (Å²) in [7, 11) is 0. The summed E-state index contributed by atoms with van der Waals surface area (Å²) >= 11 is 13.6. The third kappa shape index (κ3) is 2.82. The SMILES string of the molecule is Cc1[nH]c2nc(N)[nH]c(=O)c2c1SCc1ccc(Cl)cc1Cl. The Labute approximate surface area is 140 Å². The van der Waals surface area contributed by atoms with Gasteiger partial charge in [-0.3, -0.25) is 9.78 Å². The molecule has 0 saturated carbocycles. The van der Waals surface area contributed by atoms with Crippen molar-refractivity contribution in [2.75, 3.05) is 5.73 Å². The topological polar surface area (TPSA) is 87.6 Å². The molecule has 0 aliphatic rings. The van der Waals surface area contributed by atoms with Crippen molar-refractivity contribution in [3.63, 3.8) is 0 Å². The lowest BCUT2D eigenvalue weighted by molar-refractivity contribution is 1.17. The number of nitrogens with two attached hydrogens (primary N) is 1. The van der Waals surface area contributed by atoms with Crippen LogP contribution >= 0.6 is 35.0 Å². The lowest BCUT2D eigenvalue weighted by Gasteiger charge is -2.05. The highest BCUT2D eigenvalue weighted by atomic mass is 35.5. The average molecular weight is 355 g/mol. The number of nitrogen functional groups attached to an aromatic ring is 1. The second kappa shape index (κ2) is 5.87. The molecule has 8 heteroatoms. The zero-order valence-corrected chi connectivity index (χ0v) is 13.9. The lowest BCUT2D eigenvalue weighted by atomic mass is 10.2.